The van der Waals surface area contributed by atoms with Crippen LogP contribution in [0.1, 0.15) is 21.6 Å². The second-order valence-corrected chi connectivity index (χ2v) is 8.15. The minimum absolute atomic E-state index is 0.222. The van der Waals surface area contributed by atoms with Crippen molar-refractivity contribution in [3.05, 3.63) is 82.2 Å². The number of fused-ring (bicyclic) bond motifs is 1. The van der Waals surface area contributed by atoms with E-state index in [9.17, 15) is 20.0 Å². The Bertz CT molecular complexity index is 1230. The first-order valence-corrected chi connectivity index (χ1v) is 10.7. The van der Waals surface area contributed by atoms with E-state index in [1.807, 2.05) is 54.6 Å². The highest BCUT2D eigenvalue weighted by molar-refractivity contribution is 7.16. The molecule has 1 aliphatic heterocycles. The molecule has 0 atom stereocenters. The number of anilines is 1. The van der Waals surface area contributed by atoms with Crippen LogP contribution in [-0.4, -0.2) is 28.6 Å². The van der Waals surface area contributed by atoms with Gasteiger partial charge in [-0.2, -0.15) is 5.26 Å². The maximum absolute atomic E-state index is 12.6. The van der Waals surface area contributed by atoms with Gasteiger partial charge in [-0.25, -0.2) is 4.79 Å². The fraction of sp³-hybridized carbons (Fsp3) is 0.125. The number of hydrogen-bond donors (Lipinski definition) is 2. The molecule has 0 aliphatic carbocycles. The first-order valence-electron chi connectivity index (χ1n) is 9.88. The van der Waals surface area contributed by atoms with Crippen LogP contribution in [-0.2, 0) is 17.8 Å². The summed E-state index contributed by atoms with van der Waals surface area (Å²) in [5.74, 6) is 0.918. The van der Waals surface area contributed by atoms with Crippen molar-refractivity contribution < 1.29 is 19.4 Å². The van der Waals surface area contributed by atoms with Gasteiger partial charge in [-0.1, -0.05) is 36.4 Å². The van der Waals surface area contributed by atoms with E-state index in [2.05, 4.69) is 11.4 Å². The number of nitriles is 1. The Balaban J connectivity index is 1.50. The maximum atomic E-state index is 12.6. The fourth-order valence-electron chi connectivity index (χ4n) is 3.42. The smallest absolute Gasteiger partial charge is 0.407 e. The number of benzene rings is 2. The third-order valence-corrected chi connectivity index (χ3v) is 6.11. The largest absolute Gasteiger partial charge is 0.465 e. The van der Waals surface area contributed by atoms with Gasteiger partial charge in [0.2, 0.25) is 5.91 Å². The lowest BCUT2D eigenvalue weighted by Gasteiger charge is -2.23. The lowest BCUT2D eigenvalue weighted by atomic mass is 10.0. The molecule has 2 N–H and O–H groups in total. The second-order valence-electron chi connectivity index (χ2n) is 7.05. The van der Waals surface area contributed by atoms with Crippen LogP contribution >= 0.6 is 11.3 Å². The van der Waals surface area contributed by atoms with Gasteiger partial charge in [-0.05, 0) is 36.3 Å². The highest BCUT2D eigenvalue weighted by Gasteiger charge is 2.27. The Morgan fingerprint density at radius 2 is 1.91 bits per heavy atom. The summed E-state index contributed by atoms with van der Waals surface area (Å²) in [6.45, 7) is 0.555. The molecule has 1 aromatic heterocycles. The molecule has 8 heteroatoms. The molecule has 7 nitrogen and oxygen atoms in total. The third kappa shape index (κ3) is 4.63. The van der Waals surface area contributed by atoms with Crippen molar-refractivity contribution in [1.29, 1.82) is 5.26 Å². The Hall–Kier alpha value is -4.09. The molecule has 0 fully saturated rings. The third-order valence-electron chi connectivity index (χ3n) is 4.98. The number of amides is 2. The molecular weight excluding hydrogens is 426 g/mol. The van der Waals surface area contributed by atoms with Gasteiger partial charge in [0.25, 0.3) is 0 Å². The van der Waals surface area contributed by atoms with Crippen molar-refractivity contribution >= 4 is 34.4 Å². The van der Waals surface area contributed by atoms with Crippen LogP contribution in [0.5, 0.6) is 11.5 Å². The van der Waals surface area contributed by atoms with E-state index < -0.39 is 6.09 Å². The SMILES string of the molecule is N#Cc1c(NC(=O)C=Cc2ccccc2Oc2ccccc2)sc2c1CCN(C(=O)O)C2. The average Bonchev–Trinajstić information content (AvgIpc) is 3.15. The van der Waals surface area contributed by atoms with Gasteiger partial charge in [0.1, 0.15) is 22.6 Å². The van der Waals surface area contributed by atoms with Crippen molar-refractivity contribution in [2.45, 2.75) is 13.0 Å². The number of para-hydroxylation sites is 2. The molecular formula is C24H19N3O4S. The van der Waals surface area contributed by atoms with Gasteiger partial charge in [0.15, 0.2) is 0 Å². The van der Waals surface area contributed by atoms with E-state index in [1.165, 1.54) is 22.3 Å². The summed E-state index contributed by atoms with van der Waals surface area (Å²) in [4.78, 5) is 25.9. The second kappa shape index (κ2) is 9.37. The molecule has 32 heavy (non-hydrogen) atoms. The van der Waals surface area contributed by atoms with Crippen molar-refractivity contribution in [2.24, 2.45) is 0 Å². The van der Waals surface area contributed by atoms with Gasteiger partial charge < -0.3 is 20.1 Å². The van der Waals surface area contributed by atoms with Crippen LogP contribution in [0, 0.1) is 11.3 Å². The van der Waals surface area contributed by atoms with Gasteiger partial charge in [0, 0.05) is 23.1 Å². The number of carbonyl (C=O) groups is 2. The van der Waals surface area contributed by atoms with E-state index in [-0.39, 0.29) is 12.5 Å². The molecule has 4 rings (SSSR count). The Morgan fingerprint density at radius 1 is 1.16 bits per heavy atom. The molecule has 0 unspecified atom stereocenters. The monoisotopic (exact) mass is 445 g/mol. The molecule has 0 saturated heterocycles. The highest BCUT2D eigenvalue weighted by atomic mass is 32.1. The number of hydrogen-bond acceptors (Lipinski definition) is 5. The number of rotatable bonds is 5. The number of thiophene rings is 1. The van der Waals surface area contributed by atoms with Crippen molar-refractivity contribution in [1.82, 2.24) is 4.90 Å². The summed E-state index contributed by atoms with van der Waals surface area (Å²) in [6, 6.07) is 18.9. The number of nitrogens with zero attached hydrogens (tertiary/aromatic N) is 2. The van der Waals surface area contributed by atoms with E-state index in [0.717, 1.165) is 16.0 Å². The molecule has 0 saturated carbocycles. The van der Waals surface area contributed by atoms with Crippen molar-refractivity contribution in [2.75, 3.05) is 11.9 Å². The molecule has 0 bridgehead atoms. The molecule has 3 aromatic rings. The van der Waals surface area contributed by atoms with Crippen molar-refractivity contribution in [3.63, 3.8) is 0 Å². The summed E-state index contributed by atoms with van der Waals surface area (Å²) in [5.41, 5.74) is 1.95. The molecule has 1 aliphatic rings. The minimum Gasteiger partial charge on any atom is -0.465 e. The number of nitrogens with one attached hydrogen (secondary N) is 1. The van der Waals surface area contributed by atoms with Crippen LogP contribution in [0.25, 0.3) is 6.08 Å². The summed E-state index contributed by atoms with van der Waals surface area (Å²) in [7, 11) is 0. The molecule has 2 amide bonds. The Labute approximate surface area is 188 Å². The van der Waals surface area contributed by atoms with E-state index in [4.69, 9.17) is 4.74 Å². The topological polar surface area (TPSA) is 103 Å². The molecule has 2 aromatic carbocycles. The first kappa shape index (κ1) is 21.2. The van der Waals surface area contributed by atoms with Gasteiger partial charge in [-0.15, -0.1) is 11.3 Å². The zero-order valence-electron chi connectivity index (χ0n) is 16.9. The van der Waals surface area contributed by atoms with Gasteiger partial charge >= 0.3 is 6.09 Å². The molecule has 160 valence electrons. The minimum atomic E-state index is -0.993. The van der Waals surface area contributed by atoms with Crippen molar-refractivity contribution in [3.8, 4) is 17.6 Å². The maximum Gasteiger partial charge on any atom is 0.407 e. The zero-order chi connectivity index (χ0) is 22.5. The molecule has 0 radical (unpaired) electrons. The Morgan fingerprint density at radius 3 is 2.66 bits per heavy atom. The number of ether oxygens (including phenoxy) is 1. The van der Waals surface area contributed by atoms with E-state index in [1.54, 1.807) is 6.08 Å². The average molecular weight is 446 g/mol. The number of carbonyl (C=O) groups excluding carboxylic acids is 1. The van der Waals surface area contributed by atoms with E-state index in [0.29, 0.717) is 35.0 Å². The van der Waals surface area contributed by atoms with Crippen LogP contribution in [0.15, 0.2) is 60.7 Å². The van der Waals surface area contributed by atoms with Crippen LogP contribution in [0.3, 0.4) is 0 Å². The van der Waals surface area contributed by atoms with Crippen LogP contribution in [0.2, 0.25) is 0 Å². The van der Waals surface area contributed by atoms with Crippen LogP contribution in [0.4, 0.5) is 9.80 Å². The normalized spacial score (nSPS) is 12.8. The predicted molar refractivity (Wildman–Crippen MR) is 122 cm³/mol. The van der Waals surface area contributed by atoms with E-state index >= 15 is 0 Å². The quantitative estimate of drug-likeness (QED) is 0.532. The lowest BCUT2D eigenvalue weighted by Crippen LogP contribution is -2.34. The first-order chi connectivity index (χ1) is 15.5. The lowest BCUT2D eigenvalue weighted by molar-refractivity contribution is -0.111. The highest BCUT2D eigenvalue weighted by Crippen LogP contribution is 2.36. The van der Waals surface area contributed by atoms with Crippen LogP contribution < -0.4 is 10.1 Å². The molecule has 0 spiro atoms. The zero-order valence-corrected chi connectivity index (χ0v) is 17.8. The Kier molecular flexibility index (Phi) is 6.19. The number of carboxylic acid groups (broad SMARTS) is 1. The summed E-state index contributed by atoms with van der Waals surface area (Å²) < 4.78 is 5.90. The fourth-order valence-corrected chi connectivity index (χ4v) is 4.64. The summed E-state index contributed by atoms with van der Waals surface area (Å²) in [6.07, 6.45) is 2.50. The summed E-state index contributed by atoms with van der Waals surface area (Å²) >= 11 is 1.24. The summed E-state index contributed by atoms with van der Waals surface area (Å²) in [5, 5.41) is 22.0. The van der Waals surface area contributed by atoms with Gasteiger partial charge in [0.05, 0.1) is 12.1 Å². The van der Waals surface area contributed by atoms with Gasteiger partial charge in [-0.3, -0.25) is 4.79 Å². The standard InChI is InChI=1S/C24H19N3O4S/c25-14-19-18-12-13-27(24(29)30)15-21(18)32-23(19)26-22(28)11-10-16-6-4-5-9-20(16)31-17-7-2-1-3-8-17/h1-11H,12-13,15H2,(H,26,28)(H,29,30). The molecule has 2 heterocycles. The predicted octanol–water partition coefficient (Wildman–Crippen LogP) is 5.10.